The Morgan fingerprint density at radius 3 is 2.71 bits per heavy atom. The number of halogens is 1. The Bertz CT molecular complexity index is 331. The molecule has 1 rings (SSSR count). The Morgan fingerprint density at radius 1 is 1.38 bits per heavy atom. The van der Waals surface area contributed by atoms with Crippen LogP contribution in [0.3, 0.4) is 0 Å². The number of nitrogens with zero attached hydrogens (tertiary/aromatic N) is 1. The number of amides is 2. The van der Waals surface area contributed by atoms with Crippen molar-refractivity contribution in [3.63, 3.8) is 0 Å². The predicted molar refractivity (Wildman–Crippen MR) is 90.9 cm³/mol. The highest BCUT2D eigenvalue weighted by Gasteiger charge is 2.34. The van der Waals surface area contributed by atoms with Crippen LogP contribution < -0.4 is 10.6 Å². The number of carbonyl (C=O) groups excluding carboxylic acids is 2. The van der Waals surface area contributed by atoms with Crippen molar-refractivity contribution in [2.75, 3.05) is 24.7 Å². The maximum absolute atomic E-state index is 12.2. The summed E-state index contributed by atoms with van der Waals surface area (Å²) in [6.07, 6.45) is 2.45. The van der Waals surface area contributed by atoms with Crippen molar-refractivity contribution in [1.82, 2.24) is 15.5 Å². The number of nitrogens with one attached hydrogen (secondary N) is 2. The molecule has 1 saturated heterocycles. The minimum atomic E-state index is -0.293. The van der Waals surface area contributed by atoms with E-state index in [1.165, 1.54) is 0 Å². The molecule has 0 saturated carbocycles. The van der Waals surface area contributed by atoms with Gasteiger partial charge in [-0.1, -0.05) is 20.3 Å². The smallest absolute Gasteiger partial charge is 0.243 e. The van der Waals surface area contributed by atoms with Gasteiger partial charge in [0.2, 0.25) is 11.8 Å². The van der Waals surface area contributed by atoms with Gasteiger partial charge in [0, 0.05) is 24.8 Å². The van der Waals surface area contributed by atoms with Gasteiger partial charge in [-0.15, -0.1) is 24.2 Å². The highest BCUT2D eigenvalue weighted by Crippen LogP contribution is 2.22. The van der Waals surface area contributed by atoms with E-state index in [9.17, 15) is 9.59 Å². The van der Waals surface area contributed by atoms with Gasteiger partial charge in [-0.05, 0) is 19.9 Å². The molecular formula is C14H28ClN3O2S. The number of unbranched alkanes of at least 4 members (excludes halogenated alkanes) is 1. The minimum Gasteiger partial charge on any atom is -0.353 e. The second-order valence-electron chi connectivity index (χ2n) is 5.19. The Labute approximate surface area is 138 Å². The quantitative estimate of drug-likeness (QED) is 0.706. The van der Waals surface area contributed by atoms with Crippen molar-refractivity contribution in [2.45, 2.75) is 52.1 Å². The Kier molecular flexibility index (Phi) is 10.9. The standard InChI is InChI=1S/C14H27N3O2S.ClH/c1-4-6-7-13(18)17-10-20-9-12(17)14(19)16-8-11(3)15-5-2;/h11-12,15H,4-10H2,1-3H3,(H,16,19);1H/t11-,12?;/m1./s1. The van der Waals surface area contributed by atoms with Crippen LogP contribution in [0.15, 0.2) is 0 Å². The average Bonchev–Trinajstić information content (AvgIpc) is 2.92. The van der Waals surface area contributed by atoms with Crippen LogP contribution >= 0.6 is 24.2 Å². The van der Waals surface area contributed by atoms with E-state index < -0.39 is 0 Å². The van der Waals surface area contributed by atoms with Crippen LogP contribution in [-0.2, 0) is 9.59 Å². The number of rotatable bonds is 8. The monoisotopic (exact) mass is 337 g/mol. The SMILES string of the molecule is CCCCC(=O)N1CSCC1C(=O)NC[C@@H](C)NCC.Cl. The molecule has 2 amide bonds. The van der Waals surface area contributed by atoms with Crippen molar-refractivity contribution in [1.29, 1.82) is 0 Å². The highest BCUT2D eigenvalue weighted by atomic mass is 35.5. The molecule has 2 N–H and O–H groups in total. The first-order valence-corrected chi connectivity index (χ1v) is 8.63. The van der Waals surface area contributed by atoms with Gasteiger partial charge in [-0.2, -0.15) is 0 Å². The third-order valence-corrected chi connectivity index (χ3v) is 4.40. The van der Waals surface area contributed by atoms with Crippen LogP contribution in [0.5, 0.6) is 0 Å². The fourth-order valence-corrected chi connectivity index (χ4v) is 3.35. The zero-order chi connectivity index (χ0) is 15.0. The van der Waals surface area contributed by atoms with E-state index in [-0.39, 0.29) is 36.3 Å². The molecular weight excluding hydrogens is 310 g/mol. The molecule has 0 aliphatic carbocycles. The molecule has 1 aliphatic heterocycles. The molecule has 1 unspecified atom stereocenters. The van der Waals surface area contributed by atoms with E-state index in [4.69, 9.17) is 0 Å². The van der Waals surface area contributed by atoms with E-state index in [0.29, 0.717) is 24.6 Å². The largest absolute Gasteiger partial charge is 0.353 e. The van der Waals surface area contributed by atoms with E-state index in [1.807, 2.05) is 13.8 Å². The third kappa shape index (κ3) is 6.89. The molecule has 1 aliphatic rings. The first kappa shape index (κ1) is 20.5. The number of carbonyl (C=O) groups is 2. The van der Waals surface area contributed by atoms with Crippen LogP contribution in [0.2, 0.25) is 0 Å². The van der Waals surface area contributed by atoms with Gasteiger partial charge in [0.1, 0.15) is 6.04 Å². The summed E-state index contributed by atoms with van der Waals surface area (Å²) in [6.45, 7) is 7.64. The molecule has 0 aromatic heterocycles. The fraction of sp³-hybridized carbons (Fsp3) is 0.857. The molecule has 0 spiro atoms. The zero-order valence-electron chi connectivity index (χ0n) is 13.2. The van der Waals surface area contributed by atoms with E-state index in [0.717, 1.165) is 19.4 Å². The van der Waals surface area contributed by atoms with Gasteiger partial charge in [-0.3, -0.25) is 9.59 Å². The van der Waals surface area contributed by atoms with Crippen molar-refractivity contribution < 1.29 is 9.59 Å². The van der Waals surface area contributed by atoms with Gasteiger partial charge < -0.3 is 15.5 Å². The lowest BCUT2D eigenvalue weighted by atomic mass is 10.2. The molecule has 1 heterocycles. The van der Waals surface area contributed by atoms with Crippen LogP contribution in [-0.4, -0.2) is 53.5 Å². The van der Waals surface area contributed by atoms with Gasteiger partial charge in [0.05, 0.1) is 5.88 Å². The molecule has 0 aromatic rings. The lowest BCUT2D eigenvalue weighted by Gasteiger charge is -2.24. The summed E-state index contributed by atoms with van der Waals surface area (Å²) in [4.78, 5) is 26.0. The first-order chi connectivity index (χ1) is 9.60. The summed E-state index contributed by atoms with van der Waals surface area (Å²) in [5.41, 5.74) is 0. The maximum atomic E-state index is 12.2. The molecule has 1 fully saturated rings. The number of hydrogen-bond donors (Lipinski definition) is 2. The maximum Gasteiger partial charge on any atom is 0.243 e. The average molecular weight is 338 g/mol. The number of hydrogen-bond acceptors (Lipinski definition) is 4. The van der Waals surface area contributed by atoms with Gasteiger partial charge >= 0.3 is 0 Å². The summed E-state index contributed by atoms with van der Waals surface area (Å²) in [6, 6.07) is -0.0413. The van der Waals surface area contributed by atoms with E-state index in [1.54, 1.807) is 16.7 Å². The molecule has 2 atom stereocenters. The molecule has 0 radical (unpaired) electrons. The summed E-state index contributed by atoms with van der Waals surface area (Å²) >= 11 is 1.65. The zero-order valence-corrected chi connectivity index (χ0v) is 14.8. The Morgan fingerprint density at radius 2 is 2.10 bits per heavy atom. The number of thioether (sulfide) groups is 1. The molecule has 0 bridgehead atoms. The Hall–Kier alpha value is -0.460. The topological polar surface area (TPSA) is 61.4 Å². The second-order valence-corrected chi connectivity index (χ2v) is 6.19. The van der Waals surface area contributed by atoms with Crippen molar-refractivity contribution in [3.05, 3.63) is 0 Å². The summed E-state index contributed by atoms with van der Waals surface area (Å²) < 4.78 is 0. The molecule has 5 nitrogen and oxygen atoms in total. The molecule has 124 valence electrons. The summed E-state index contributed by atoms with van der Waals surface area (Å²) in [5, 5.41) is 6.19. The van der Waals surface area contributed by atoms with Crippen molar-refractivity contribution in [2.24, 2.45) is 0 Å². The van der Waals surface area contributed by atoms with Crippen LogP contribution in [0.1, 0.15) is 40.0 Å². The fourth-order valence-electron chi connectivity index (χ4n) is 2.17. The van der Waals surface area contributed by atoms with Gasteiger partial charge in [-0.25, -0.2) is 0 Å². The predicted octanol–water partition coefficient (Wildman–Crippen LogP) is 1.61. The van der Waals surface area contributed by atoms with Crippen LogP contribution in [0, 0.1) is 0 Å². The lowest BCUT2D eigenvalue weighted by Crippen LogP contribution is -2.49. The minimum absolute atomic E-state index is 0. The van der Waals surface area contributed by atoms with E-state index in [2.05, 4.69) is 17.6 Å². The first-order valence-electron chi connectivity index (χ1n) is 7.48. The lowest BCUT2D eigenvalue weighted by molar-refractivity contribution is -0.138. The normalized spacial score (nSPS) is 19.0. The third-order valence-electron chi connectivity index (χ3n) is 3.38. The second kappa shape index (κ2) is 11.2. The van der Waals surface area contributed by atoms with Crippen LogP contribution in [0.25, 0.3) is 0 Å². The van der Waals surface area contributed by atoms with E-state index >= 15 is 0 Å². The van der Waals surface area contributed by atoms with Crippen molar-refractivity contribution in [3.8, 4) is 0 Å². The highest BCUT2D eigenvalue weighted by molar-refractivity contribution is 7.99. The van der Waals surface area contributed by atoms with Gasteiger partial charge in [0.25, 0.3) is 0 Å². The summed E-state index contributed by atoms with van der Waals surface area (Å²) in [7, 11) is 0. The van der Waals surface area contributed by atoms with Gasteiger partial charge in [0.15, 0.2) is 0 Å². The summed E-state index contributed by atoms with van der Waals surface area (Å²) in [5.74, 6) is 1.43. The molecule has 7 heteroatoms. The molecule has 0 aromatic carbocycles. The number of likely N-dealkylation sites (N-methyl/N-ethyl adjacent to an activating group) is 1. The molecule has 21 heavy (non-hydrogen) atoms. The van der Waals surface area contributed by atoms with Crippen LogP contribution in [0.4, 0.5) is 0 Å². The van der Waals surface area contributed by atoms with Crippen molar-refractivity contribution >= 4 is 36.0 Å². The Balaban J connectivity index is 0.00000400.